The van der Waals surface area contributed by atoms with Crippen LogP contribution in [0.3, 0.4) is 0 Å². The van der Waals surface area contributed by atoms with Crippen molar-refractivity contribution >= 4 is 35.0 Å². The fourth-order valence-electron chi connectivity index (χ4n) is 1.17. The van der Waals surface area contributed by atoms with Crippen LogP contribution in [0.2, 0.25) is 5.02 Å². The van der Waals surface area contributed by atoms with Gasteiger partial charge in [0.1, 0.15) is 0 Å². The summed E-state index contributed by atoms with van der Waals surface area (Å²) in [7, 11) is 0. The first kappa shape index (κ1) is 13.2. The summed E-state index contributed by atoms with van der Waals surface area (Å²) in [5.74, 6) is 0.770. The highest BCUT2D eigenvalue weighted by Crippen LogP contribution is 2.28. The molecule has 0 aromatic heterocycles. The fourth-order valence-corrected chi connectivity index (χ4v) is 2.36. The number of carbonyl (C=O) groups is 1. The predicted molar refractivity (Wildman–Crippen MR) is 69.9 cm³/mol. The molecule has 0 heterocycles. The molecular weight excluding hydrogens is 244 g/mol. The van der Waals surface area contributed by atoms with Gasteiger partial charge in [-0.2, -0.15) is 0 Å². The number of amides is 1. The molecule has 3 nitrogen and oxygen atoms in total. The lowest BCUT2D eigenvalue weighted by Gasteiger charge is -2.05. The lowest BCUT2D eigenvalue weighted by molar-refractivity contribution is -0.120. The van der Waals surface area contributed by atoms with Crippen LogP contribution in [0.25, 0.3) is 0 Å². The molecule has 5 heteroatoms. The van der Waals surface area contributed by atoms with Crippen molar-refractivity contribution in [1.82, 2.24) is 5.32 Å². The molecule has 0 aliphatic rings. The number of hydrogen-bond acceptors (Lipinski definition) is 3. The molecule has 0 saturated heterocycles. The Morgan fingerprint density at radius 3 is 3.00 bits per heavy atom. The lowest BCUT2D eigenvalue weighted by atomic mass is 10.3. The van der Waals surface area contributed by atoms with Crippen LogP contribution in [0.1, 0.15) is 13.3 Å². The minimum Gasteiger partial charge on any atom is -0.398 e. The predicted octanol–water partition coefficient (Wildman–Crippen LogP) is 2.54. The third-order valence-electron chi connectivity index (χ3n) is 1.94. The second-order valence-electron chi connectivity index (χ2n) is 3.23. The van der Waals surface area contributed by atoms with Gasteiger partial charge in [0.05, 0.1) is 0 Å². The molecule has 0 spiro atoms. The van der Waals surface area contributed by atoms with Gasteiger partial charge in [-0.1, -0.05) is 11.6 Å². The molecule has 0 saturated carbocycles. The number of hydrogen-bond donors (Lipinski definition) is 2. The van der Waals surface area contributed by atoms with Crippen LogP contribution in [-0.2, 0) is 4.79 Å². The van der Waals surface area contributed by atoms with Crippen LogP contribution < -0.4 is 11.1 Å². The van der Waals surface area contributed by atoms with Crippen LogP contribution in [0.5, 0.6) is 0 Å². The van der Waals surface area contributed by atoms with E-state index in [1.807, 2.05) is 13.0 Å². The van der Waals surface area contributed by atoms with Crippen molar-refractivity contribution in [2.45, 2.75) is 18.2 Å². The van der Waals surface area contributed by atoms with Crippen LogP contribution in [0.15, 0.2) is 23.1 Å². The van der Waals surface area contributed by atoms with Gasteiger partial charge < -0.3 is 11.1 Å². The van der Waals surface area contributed by atoms with Crippen molar-refractivity contribution in [3.63, 3.8) is 0 Å². The first-order valence-corrected chi connectivity index (χ1v) is 6.44. The van der Waals surface area contributed by atoms with Gasteiger partial charge in [-0.3, -0.25) is 4.79 Å². The van der Waals surface area contributed by atoms with Gasteiger partial charge >= 0.3 is 0 Å². The van der Waals surface area contributed by atoms with Crippen molar-refractivity contribution in [3.05, 3.63) is 23.2 Å². The Morgan fingerprint density at radius 1 is 1.56 bits per heavy atom. The molecule has 88 valence electrons. The van der Waals surface area contributed by atoms with E-state index in [9.17, 15) is 4.79 Å². The highest BCUT2D eigenvalue weighted by atomic mass is 35.5. The van der Waals surface area contributed by atoms with E-state index in [0.717, 1.165) is 4.90 Å². The number of rotatable bonds is 5. The molecule has 0 aliphatic carbocycles. The Balaban J connectivity index is 2.42. The van der Waals surface area contributed by atoms with Gasteiger partial charge in [0.25, 0.3) is 0 Å². The molecule has 1 rings (SSSR count). The van der Waals surface area contributed by atoms with Crippen LogP contribution in [0, 0.1) is 0 Å². The van der Waals surface area contributed by atoms with E-state index in [4.69, 9.17) is 17.3 Å². The quantitative estimate of drug-likeness (QED) is 0.630. The van der Waals surface area contributed by atoms with E-state index < -0.39 is 0 Å². The summed E-state index contributed by atoms with van der Waals surface area (Å²) in [5, 5.41) is 3.41. The van der Waals surface area contributed by atoms with Crippen LogP contribution in [0.4, 0.5) is 5.69 Å². The normalized spacial score (nSPS) is 10.1. The largest absolute Gasteiger partial charge is 0.398 e. The van der Waals surface area contributed by atoms with Crippen molar-refractivity contribution in [2.24, 2.45) is 0 Å². The van der Waals surface area contributed by atoms with E-state index in [2.05, 4.69) is 5.32 Å². The van der Waals surface area contributed by atoms with Crippen LogP contribution in [-0.4, -0.2) is 18.2 Å². The maximum Gasteiger partial charge on any atom is 0.220 e. The zero-order chi connectivity index (χ0) is 12.0. The minimum atomic E-state index is 0.0654. The first-order valence-electron chi connectivity index (χ1n) is 5.08. The number of halogens is 1. The van der Waals surface area contributed by atoms with Crippen molar-refractivity contribution in [2.75, 3.05) is 18.0 Å². The molecule has 16 heavy (non-hydrogen) atoms. The Bertz CT molecular complexity index is 371. The molecule has 0 atom stereocenters. The van der Waals surface area contributed by atoms with Gasteiger partial charge in [-0.05, 0) is 25.1 Å². The minimum absolute atomic E-state index is 0.0654. The van der Waals surface area contributed by atoms with E-state index in [0.29, 0.717) is 29.4 Å². The number of thioether (sulfide) groups is 1. The number of nitrogens with one attached hydrogen (secondary N) is 1. The van der Waals surface area contributed by atoms with Gasteiger partial charge in [0.2, 0.25) is 5.91 Å². The molecule has 0 radical (unpaired) electrons. The monoisotopic (exact) mass is 258 g/mol. The highest BCUT2D eigenvalue weighted by molar-refractivity contribution is 7.99. The summed E-state index contributed by atoms with van der Waals surface area (Å²) >= 11 is 7.40. The van der Waals surface area contributed by atoms with Gasteiger partial charge in [0.15, 0.2) is 0 Å². The zero-order valence-corrected chi connectivity index (χ0v) is 10.7. The first-order chi connectivity index (χ1) is 7.63. The maximum atomic E-state index is 11.2. The molecular formula is C11H15ClN2OS. The van der Waals surface area contributed by atoms with Gasteiger partial charge in [-0.25, -0.2) is 0 Å². The average molecular weight is 259 g/mol. The van der Waals surface area contributed by atoms with Gasteiger partial charge in [0, 0.05) is 34.3 Å². The SMILES string of the molecule is CCNC(=O)CCSc1cc(Cl)ccc1N. The highest BCUT2D eigenvalue weighted by Gasteiger charge is 2.03. The second-order valence-corrected chi connectivity index (χ2v) is 4.81. The number of nitrogen functional groups attached to an aromatic ring is 1. The molecule has 1 aromatic rings. The van der Waals surface area contributed by atoms with Crippen molar-refractivity contribution in [1.29, 1.82) is 0 Å². The summed E-state index contributed by atoms with van der Waals surface area (Å²) in [6, 6.07) is 5.35. The average Bonchev–Trinajstić information content (AvgIpc) is 2.23. The summed E-state index contributed by atoms with van der Waals surface area (Å²) < 4.78 is 0. The van der Waals surface area contributed by atoms with Gasteiger partial charge in [-0.15, -0.1) is 11.8 Å². The molecule has 1 amide bonds. The molecule has 1 aromatic carbocycles. The smallest absolute Gasteiger partial charge is 0.220 e. The zero-order valence-electron chi connectivity index (χ0n) is 9.13. The summed E-state index contributed by atoms with van der Waals surface area (Å²) in [4.78, 5) is 12.1. The standard InChI is InChI=1S/C11H15ClN2OS/c1-2-14-11(15)5-6-16-10-7-8(12)3-4-9(10)13/h3-4,7H,2,5-6,13H2,1H3,(H,14,15). The van der Waals surface area contributed by atoms with E-state index in [1.165, 1.54) is 0 Å². The molecule has 0 fully saturated rings. The summed E-state index contributed by atoms with van der Waals surface area (Å²) in [6.45, 7) is 2.57. The Kier molecular flexibility index (Phi) is 5.49. The molecule has 0 unspecified atom stereocenters. The topological polar surface area (TPSA) is 55.1 Å². The maximum absolute atomic E-state index is 11.2. The Morgan fingerprint density at radius 2 is 2.31 bits per heavy atom. The number of benzene rings is 1. The number of carbonyl (C=O) groups excluding carboxylic acids is 1. The third kappa shape index (κ3) is 4.33. The third-order valence-corrected chi connectivity index (χ3v) is 3.24. The second kappa shape index (κ2) is 6.66. The summed E-state index contributed by atoms with van der Waals surface area (Å²) in [6.07, 6.45) is 0.491. The number of nitrogens with two attached hydrogens (primary N) is 1. The van der Waals surface area contributed by atoms with E-state index in [1.54, 1.807) is 23.9 Å². The van der Waals surface area contributed by atoms with Crippen LogP contribution >= 0.6 is 23.4 Å². The fraction of sp³-hybridized carbons (Fsp3) is 0.364. The van der Waals surface area contributed by atoms with E-state index in [-0.39, 0.29) is 5.91 Å². The molecule has 3 N–H and O–H groups in total. The molecule has 0 aliphatic heterocycles. The van der Waals surface area contributed by atoms with Crippen molar-refractivity contribution in [3.8, 4) is 0 Å². The Labute approximate surface area is 105 Å². The van der Waals surface area contributed by atoms with Crippen molar-refractivity contribution < 1.29 is 4.79 Å². The molecule has 0 bridgehead atoms. The Hall–Kier alpha value is -0.870. The summed E-state index contributed by atoms with van der Waals surface area (Å²) in [5.41, 5.74) is 6.48. The number of anilines is 1. The van der Waals surface area contributed by atoms with E-state index >= 15 is 0 Å². The lowest BCUT2D eigenvalue weighted by Crippen LogP contribution is -2.22.